The lowest BCUT2D eigenvalue weighted by atomic mass is 10.2. The molecule has 0 aromatic carbocycles. The quantitative estimate of drug-likeness (QED) is 0.587. The molecule has 0 saturated heterocycles. The summed E-state index contributed by atoms with van der Waals surface area (Å²) in [5.41, 5.74) is 0.0303. The minimum absolute atomic E-state index is 0.0103. The van der Waals surface area contributed by atoms with Crippen LogP contribution in [-0.2, 0) is 7.05 Å². The molecule has 0 unspecified atom stereocenters. The van der Waals surface area contributed by atoms with Crippen molar-refractivity contribution in [3.8, 4) is 0 Å². The molecule has 8 nitrogen and oxygen atoms in total. The van der Waals surface area contributed by atoms with Crippen molar-refractivity contribution < 1.29 is 9.72 Å². The van der Waals surface area contributed by atoms with Crippen LogP contribution in [0, 0.1) is 17.0 Å². The van der Waals surface area contributed by atoms with Gasteiger partial charge in [-0.15, -0.1) is 0 Å². The van der Waals surface area contributed by atoms with E-state index < -0.39 is 10.8 Å². The molecule has 0 saturated carbocycles. The molecular weight excluding hydrogens is 238 g/mol. The molecule has 0 aliphatic rings. The van der Waals surface area contributed by atoms with E-state index in [-0.39, 0.29) is 17.1 Å². The van der Waals surface area contributed by atoms with E-state index in [4.69, 9.17) is 0 Å². The fourth-order valence-electron chi connectivity index (χ4n) is 1.67. The molecule has 100 valence electrons. The van der Waals surface area contributed by atoms with Crippen molar-refractivity contribution in [2.75, 3.05) is 27.2 Å². The van der Waals surface area contributed by atoms with Crippen molar-refractivity contribution in [3.63, 3.8) is 0 Å². The Morgan fingerprint density at radius 3 is 2.72 bits per heavy atom. The number of hydrogen-bond donors (Lipinski definition) is 1. The molecule has 1 amide bonds. The van der Waals surface area contributed by atoms with Gasteiger partial charge in [-0.2, -0.15) is 5.10 Å². The van der Waals surface area contributed by atoms with Crippen LogP contribution in [-0.4, -0.2) is 52.7 Å². The van der Waals surface area contributed by atoms with Crippen molar-refractivity contribution in [3.05, 3.63) is 21.5 Å². The van der Waals surface area contributed by atoms with Crippen LogP contribution < -0.4 is 5.32 Å². The molecule has 0 spiro atoms. The van der Waals surface area contributed by atoms with Crippen LogP contribution in [0.15, 0.2) is 0 Å². The van der Waals surface area contributed by atoms with Gasteiger partial charge >= 0.3 is 5.69 Å². The molecule has 18 heavy (non-hydrogen) atoms. The molecule has 1 N–H and O–H groups in total. The van der Waals surface area contributed by atoms with Gasteiger partial charge in [0.1, 0.15) is 5.69 Å². The predicted molar refractivity (Wildman–Crippen MR) is 65.5 cm³/mol. The highest BCUT2D eigenvalue weighted by Crippen LogP contribution is 2.23. The predicted octanol–water partition coefficient (Wildman–Crippen LogP) is -0.0719. The summed E-state index contributed by atoms with van der Waals surface area (Å²) >= 11 is 0. The number of aryl methyl sites for hydroxylation is 2. The normalized spacial score (nSPS) is 10.4. The molecule has 1 heterocycles. The number of carbonyl (C=O) groups excluding carboxylic acids is 1. The zero-order chi connectivity index (χ0) is 13.9. The van der Waals surface area contributed by atoms with E-state index >= 15 is 0 Å². The average Bonchev–Trinajstić information content (AvgIpc) is 2.60. The fourth-order valence-corrected chi connectivity index (χ4v) is 1.67. The number of hydrogen-bond acceptors (Lipinski definition) is 5. The first-order valence-electron chi connectivity index (χ1n) is 5.48. The first-order chi connectivity index (χ1) is 8.40. The number of aromatic nitrogens is 2. The Kier molecular flexibility index (Phi) is 4.38. The van der Waals surface area contributed by atoms with Gasteiger partial charge in [-0.05, 0) is 14.0 Å². The van der Waals surface area contributed by atoms with Gasteiger partial charge in [0.25, 0.3) is 5.91 Å². The molecule has 1 aromatic heterocycles. The third-order valence-corrected chi connectivity index (χ3v) is 2.62. The molecule has 1 rings (SSSR count). The Morgan fingerprint density at radius 1 is 1.61 bits per heavy atom. The van der Waals surface area contributed by atoms with E-state index in [1.807, 2.05) is 0 Å². The van der Waals surface area contributed by atoms with Crippen molar-refractivity contribution in [2.24, 2.45) is 7.05 Å². The van der Waals surface area contributed by atoms with Gasteiger partial charge in [-0.1, -0.05) is 0 Å². The summed E-state index contributed by atoms with van der Waals surface area (Å²) in [6.07, 6.45) is 0. The van der Waals surface area contributed by atoms with Gasteiger partial charge in [-0.25, -0.2) is 0 Å². The highest BCUT2D eigenvalue weighted by molar-refractivity contribution is 5.96. The van der Waals surface area contributed by atoms with Crippen LogP contribution in [0.1, 0.15) is 16.2 Å². The van der Waals surface area contributed by atoms with E-state index in [9.17, 15) is 14.9 Å². The van der Waals surface area contributed by atoms with Crippen LogP contribution in [0.25, 0.3) is 0 Å². The third kappa shape index (κ3) is 2.65. The Balaban J connectivity index is 3.09. The van der Waals surface area contributed by atoms with Crippen LogP contribution in [0.3, 0.4) is 0 Å². The summed E-state index contributed by atoms with van der Waals surface area (Å²) in [5, 5.41) is 17.8. The van der Waals surface area contributed by atoms with E-state index in [1.54, 1.807) is 14.1 Å². The fraction of sp³-hybridized carbons (Fsp3) is 0.600. The van der Waals surface area contributed by atoms with Crippen molar-refractivity contribution in [2.45, 2.75) is 6.92 Å². The summed E-state index contributed by atoms with van der Waals surface area (Å²) in [6.45, 7) is 2.60. The largest absolute Gasteiger partial charge is 0.339 e. The second-order valence-corrected chi connectivity index (χ2v) is 3.99. The van der Waals surface area contributed by atoms with Crippen LogP contribution >= 0.6 is 0 Å². The molecule has 0 aliphatic carbocycles. The van der Waals surface area contributed by atoms with Gasteiger partial charge in [-0.3, -0.25) is 19.6 Å². The second-order valence-electron chi connectivity index (χ2n) is 3.99. The van der Waals surface area contributed by atoms with Crippen LogP contribution in [0.4, 0.5) is 5.69 Å². The molecule has 0 radical (unpaired) electrons. The smallest absolute Gasteiger partial charge is 0.322 e. The Labute approximate surface area is 105 Å². The molecule has 0 fully saturated rings. The molecule has 8 heteroatoms. The molecule has 0 bridgehead atoms. The van der Waals surface area contributed by atoms with Gasteiger partial charge in [0.15, 0.2) is 0 Å². The van der Waals surface area contributed by atoms with E-state index in [2.05, 4.69) is 10.4 Å². The van der Waals surface area contributed by atoms with Crippen molar-refractivity contribution in [1.29, 1.82) is 0 Å². The number of likely N-dealkylation sites (N-methyl/N-ethyl adjacent to an activating group) is 2. The van der Waals surface area contributed by atoms with Crippen molar-refractivity contribution >= 4 is 11.6 Å². The lowest BCUT2D eigenvalue weighted by molar-refractivity contribution is -0.385. The number of nitrogens with zero attached hydrogens (tertiary/aromatic N) is 4. The van der Waals surface area contributed by atoms with Gasteiger partial charge in [0.2, 0.25) is 5.69 Å². The SMILES string of the molecule is CNCCN(C)C(=O)c1c([N+](=O)[O-])c(C)nn1C. The maximum Gasteiger partial charge on any atom is 0.322 e. The summed E-state index contributed by atoms with van der Waals surface area (Å²) in [4.78, 5) is 24.0. The van der Waals surface area contributed by atoms with Gasteiger partial charge in [0.05, 0.1) is 4.92 Å². The first kappa shape index (κ1) is 14.1. The first-order valence-corrected chi connectivity index (χ1v) is 5.48. The molecule has 0 aliphatic heterocycles. The average molecular weight is 255 g/mol. The van der Waals surface area contributed by atoms with Crippen LogP contribution in [0.2, 0.25) is 0 Å². The van der Waals surface area contributed by atoms with Gasteiger partial charge in [0, 0.05) is 27.2 Å². The second kappa shape index (κ2) is 5.58. The summed E-state index contributed by atoms with van der Waals surface area (Å²) in [6, 6.07) is 0. The number of nitrogens with one attached hydrogen (secondary N) is 1. The Morgan fingerprint density at radius 2 is 2.22 bits per heavy atom. The summed E-state index contributed by atoms with van der Waals surface area (Å²) < 4.78 is 1.26. The highest BCUT2D eigenvalue weighted by Gasteiger charge is 2.30. The standard InChI is InChI=1S/C10H17N5O3/c1-7-8(15(17)18)9(14(4)12-7)10(16)13(3)6-5-11-2/h11H,5-6H2,1-4H3. The lowest BCUT2D eigenvalue weighted by Gasteiger charge is -2.16. The summed E-state index contributed by atoms with van der Waals surface area (Å²) in [7, 11) is 4.90. The number of nitro groups is 1. The van der Waals surface area contributed by atoms with E-state index in [0.717, 1.165) is 0 Å². The molecular formula is C10H17N5O3. The minimum atomic E-state index is -0.568. The van der Waals surface area contributed by atoms with Crippen molar-refractivity contribution in [1.82, 2.24) is 20.0 Å². The zero-order valence-corrected chi connectivity index (χ0v) is 10.9. The highest BCUT2D eigenvalue weighted by atomic mass is 16.6. The topological polar surface area (TPSA) is 93.3 Å². The molecule has 0 atom stereocenters. The monoisotopic (exact) mass is 255 g/mol. The number of rotatable bonds is 5. The number of carbonyl (C=O) groups is 1. The van der Waals surface area contributed by atoms with E-state index in [0.29, 0.717) is 13.1 Å². The maximum absolute atomic E-state index is 12.1. The van der Waals surface area contributed by atoms with E-state index in [1.165, 1.54) is 23.6 Å². The van der Waals surface area contributed by atoms with Crippen LogP contribution in [0.5, 0.6) is 0 Å². The third-order valence-electron chi connectivity index (χ3n) is 2.62. The molecule has 1 aromatic rings. The Bertz CT molecular complexity index is 468. The minimum Gasteiger partial charge on any atom is -0.339 e. The zero-order valence-electron chi connectivity index (χ0n) is 10.9. The maximum atomic E-state index is 12.1. The number of amides is 1. The lowest BCUT2D eigenvalue weighted by Crippen LogP contribution is -2.34. The Hall–Kier alpha value is -1.96. The van der Waals surface area contributed by atoms with Gasteiger partial charge < -0.3 is 10.2 Å². The summed E-state index contributed by atoms with van der Waals surface area (Å²) in [5.74, 6) is -0.403.